The topological polar surface area (TPSA) is 42.7 Å². The van der Waals surface area contributed by atoms with E-state index in [1.165, 1.54) is 18.4 Å². The van der Waals surface area contributed by atoms with Gasteiger partial charge in [0.05, 0.1) is 12.2 Å². The first-order valence-electron chi connectivity index (χ1n) is 6.63. The maximum atomic E-state index is 4.26. The molecule has 0 atom stereocenters. The molecule has 1 aliphatic heterocycles. The highest BCUT2D eigenvalue weighted by atomic mass is 15.4. The summed E-state index contributed by atoms with van der Waals surface area (Å²) in [5.41, 5.74) is 3.61. The van der Waals surface area contributed by atoms with Crippen molar-refractivity contribution in [2.24, 2.45) is 0 Å². The molecule has 1 aromatic heterocycles. The van der Waals surface area contributed by atoms with Crippen LogP contribution in [0, 0.1) is 0 Å². The van der Waals surface area contributed by atoms with E-state index in [-0.39, 0.29) is 0 Å². The predicted octanol–water partition coefficient (Wildman–Crippen LogP) is 1.97. The van der Waals surface area contributed by atoms with E-state index >= 15 is 0 Å². The molecule has 2 heterocycles. The third-order valence-electron chi connectivity index (χ3n) is 3.90. The van der Waals surface area contributed by atoms with Gasteiger partial charge in [0.2, 0.25) is 0 Å². The summed E-state index contributed by atoms with van der Waals surface area (Å²) in [5, 5.41) is 11.7. The molecule has 92 valence electrons. The molecule has 0 radical (unpaired) electrons. The van der Waals surface area contributed by atoms with Gasteiger partial charge in [-0.15, -0.1) is 5.10 Å². The van der Waals surface area contributed by atoms with Gasteiger partial charge in [0.25, 0.3) is 0 Å². The molecule has 4 rings (SSSR count). The van der Waals surface area contributed by atoms with Crippen LogP contribution in [-0.2, 0) is 0 Å². The minimum absolute atomic E-state index is 0.483. The number of nitrogens with zero attached hydrogens (tertiary/aromatic N) is 3. The summed E-state index contributed by atoms with van der Waals surface area (Å²) in [6.45, 7) is 2.01. The van der Waals surface area contributed by atoms with Crippen LogP contribution in [0.1, 0.15) is 30.4 Å². The molecule has 1 saturated heterocycles. The van der Waals surface area contributed by atoms with Crippen LogP contribution < -0.4 is 5.32 Å². The second-order valence-electron chi connectivity index (χ2n) is 5.29. The highest BCUT2D eigenvalue weighted by molar-refractivity contribution is 5.58. The highest BCUT2D eigenvalue weighted by Gasteiger charge is 2.23. The van der Waals surface area contributed by atoms with Crippen molar-refractivity contribution in [2.45, 2.75) is 24.8 Å². The van der Waals surface area contributed by atoms with Crippen LogP contribution >= 0.6 is 0 Å². The van der Waals surface area contributed by atoms with Gasteiger partial charge in [0, 0.05) is 18.7 Å². The Hall–Kier alpha value is -1.68. The van der Waals surface area contributed by atoms with E-state index in [1.54, 1.807) is 0 Å². The van der Waals surface area contributed by atoms with Crippen molar-refractivity contribution < 1.29 is 0 Å². The molecule has 0 amide bonds. The average Bonchev–Trinajstić information content (AvgIpc) is 3.08. The molecule has 0 bridgehead atoms. The van der Waals surface area contributed by atoms with Crippen LogP contribution in [0.15, 0.2) is 30.5 Å². The van der Waals surface area contributed by atoms with Crippen molar-refractivity contribution in [1.29, 1.82) is 0 Å². The SMILES string of the molecule is c1cc(C2CC2)ccc1-c1cn(C2CNC2)nn1. The van der Waals surface area contributed by atoms with E-state index < -0.39 is 0 Å². The first-order chi connectivity index (χ1) is 8.90. The number of aromatic nitrogens is 3. The highest BCUT2D eigenvalue weighted by Crippen LogP contribution is 2.40. The largest absolute Gasteiger partial charge is 0.312 e. The first-order valence-corrected chi connectivity index (χ1v) is 6.63. The van der Waals surface area contributed by atoms with Gasteiger partial charge >= 0.3 is 0 Å². The Balaban J connectivity index is 1.59. The summed E-state index contributed by atoms with van der Waals surface area (Å²) < 4.78 is 1.97. The summed E-state index contributed by atoms with van der Waals surface area (Å²) in [6, 6.07) is 9.28. The Kier molecular flexibility index (Phi) is 2.23. The predicted molar refractivity (Wildman–Crippen MR) is 69.3 cm³/mol. The number of benzene rings is 1. The Morgan fingerprint density at radius 3 is 2.50 bits per heavy atom. The van der Waals surface area contributed by atoms with Gasteiger partial charge in [-0.1, -0.05) is 29.5 Å². The van der Waals surface area contributed by atoms with Crippen molar-refractivity contribution in [3.05, 3.63) is 36.0 Å². The van der Waals surface area contributed by atoms with E-state index in [0.29, 0.717) is 6.04 Å². The molecule has 0 unspecified atom stereocenters. The van der Waals surface area contributed by atoms with Gasteiger partial charge in [-0.2, -0.15) is 0 Å². The van der Waals surface area contributed by atoms with Gasteiger partial charge in [-0.3, -0.25) is 0 Å². The molecular weight excluding hydrogens is 224 g/mol. The molecule has 18 heavy (non-hydrogen) atoms. The Labute approximate surface area is 106 Å². The fourth-order valence-corrected chi connectivity index (χ4v) is 2.39. The summed E-state index contributed by atoms with van der Waals surface area (Å²) >= 11 is 0. The Bertz CT molecular complexity index is 549. The molecule has 1 aromatic carbocycles. The summed E-state index contributed by atoms with van der Waals surface area (Å²) in [5.74, 6) is 0.816. The van der Waals surface area contributed by atoms with Crippen LogP contribution in [-0.4, -0.2) is 28.1 Å². The quantitative estimate of drug-likeness (QED) is 0.892. The first kappa shape index (κ1) is 10.3. The number of hydrogen-bond donors (Lipinski definition) is 1. The molecule has 4 nitrogen and oxygen atoms in total. The Morgan fingerprint density at radius 1 is 1.11 bits per heavy atom. The van der Waals surface area contributed by atoms with Crippen LogP contribution in [0.5, 0.6) is 0 Å². The maximum absolute atomic E-state index is 4.26. The normalized spacial score (nSPS) is 19.8. The lowest BCUT2D eigenvalue weighted by molar-refractivity contribution is 0.313. The Morgan fingerprint density at radius 2 is 1.89 bits per heavy atom. The smallest absolute Gasteiger partial charge is 0.113 e. The van der Waals surface area contributed by atoms with E-state index in [4.69, 9.17) is 0 Å². The molecule has 4 heteroatoms. The van der Waals surface area contributed by atoms with E-state index in [0.717, 1.165) is 30.3 Å². The van der Waals surface area contributed by atoms with Gasteiger partial charge < -0.3 is 5.32 Å². The summed E-state index contributed by atoms with van der Waals surface area (Å²) in [7, 11) is 0. The van der Waals surface area contributed by atoms with Crippen LogP contribution in [0.4, 0.5) is 0 Å². The molecule has 2 fully saturated rings. The second kappa shape index (κ2) is 3.92. The van der Waals surface area contributed by atoms with Crippen molar-refractivity contribution in [3.63, 3.8) is 0 Å². The molecule has 0 spiro atoms. The lowest BCUT2D eigenvalue weighted by Gasteiger charge is -2.26. The van der Waals surface area contributed by atoms with Gasteiger partial charge in [0.1, 0.15) is 5.69 Å². The monoisotopic (exact) mass is 240 g/mol. The average molecular weight is 240 g/mol. The van der Waals surface area contributed by atoms with Crippen molar-refractivity contribution >= 4 is 0 Å². The third kappa shape index (κ3) is 1.73. The molecule has 1 N–H and O–H groups in total. The number of rotatable bonds is 3. The fraction of sp³-hybridized carbons (Fsp3) is 0.429. The molecule has 1 saturated carbocycles. The maximum Gasteiger partial charge on any atom is 0.113 e. The number of hydrogen-bond acceptors (Lipinski definition) is 3. The zero-order valence-corrected chi connectivity index (χ0v) is 10.2. The second-order valence-corrected chi connectivity index (χ2v) is 5.29. The van der Waals surface area contributed by atoms with Crippen LogP contribution in [0.25, 0.3) is 11.3 Å². The van der Waals surface area contributed by atoms with E-state index in [2.05, 4.69) is 46.1 Å². The van der Waals surface area contributed by atoms with Crippen molar-refractivity contribution in [1.82, 2.24) is 20.3 Å². The van der Waals surface area contributed by atoms with E-state index in [9.17, 15) is 0 Å². The third-order valence-corrected chi connectivity index (χ3v) is 3.90. The van der Waals surface area contributed by atoms with Gasteiger partial charge in [-0.25, -0.2) is 4.68 Å². The standard InChI is InChI=1S/C14H16N4/c1-2-10(1)11-3-5-12(6-4-11)14-9-18(17-16-14)13-7-15-8-13/h3-6,9-10,13,15H,1-2,7-8H2. The van der Waals surface area contributed by atoms with Gasteiger partial charge in [-0.05, 0) is 24.3 Å². The minimum atomic E-state index is 0.483. The van der Waals surface area contributed by atoms with Gasteiger partial charge in [0.15, 0.2) is 0 Å². The molecule has 2 aliphatic rings. The fourth-order valence-electron chi connectivity index (χ4n) is 2.39. The lowest BCUT2D eigenvalue weighted by atomic mass is 10.1. The number of nitrogens with one attached hydrogen (secondary N) is 1. The zero-order valence-electron chi connectivity index (χ0n) is 10.2. The zero-order chi connectivity index (χ0) is 11.9. The summed E-state index contributed by atoms with van der Waals surface area (Å²) in [6.07, 6.45) is 4.76. The van der Waals surface area contributed by atoms with E-state index in [1.807, 2.05) is 4.68 Å². The molecule has 1 aliphatic carbocycles. The molecular formula is C14H16N4. The lowest BCUT2D eigenvalue weighted by Crippen LogP contribution is -2.43. The summed E-state index contributed by atoms with van der Waals surface area (Å²) in [4.78, 5) is 0. The minimum Gasteiger partial charge on any atom is -0.312 e. The van der Waals surface area contributed by atoms with Crippen LogP contribution in [0.3, 0.4) is 0 Å². The van der Waals surface area contributed by atoms with Crippen LogP contribution in [0.2, 0.25) is 0 Å². The van der Waals surface area contributed by atoms with Crippen molar-refractivity contribution in [2.75, 3.05) is 13.1 Å². The van der Waals surface area contributed by atoms with Crippen molar-refractivity contribution in [3.8, 4) is 11.3 Å². The molecule has 2 aromatic rings.